The molecule has 0 spiro atoms. The van der Waals surface area contributed by atoms with Gasteiger partial charge in [0.2, 0.25) is 0 Å². The van der Waals surface area contributed by atoms with Crippen LogP contribution in [0.1, 0.15) is 32.9 Å². The number of carbonyl (C=O) groups is 1. The second-order valence-electron chi connectivity index (χ2n) is 5.71. The molecule has 0 atom stereocenters. The van der Waals surface area contributed by atoms with Crippen molar-refractivity contribution in [3.05, 3.63) is 28.5 Å². The number of allylic oxidation sites excluding steroid dienone is 1. The van der Waals surface area contributed by atoms with Crippen LogP contribution < -0.4 is 10.6 Å². The van der Waals surface area contributed by atoms with Crippen molar-refractivity contribution >= 4 is 29.6 Å². The molecule has 0 aromatic carbocycles. The molecule has 20 heavy (non-hydrogen) atoms. The summed E-state index contributed by atoms with van der Waals surface area (Å²) in [5.74, 6) is -0.319. The summed E-state index contributed by atoms with van der Waals surface area (Å²) in [6.45, 7) is 5.56. The normalized spacial score (nSPS) is 15.7. The van der Waals surface area contributed by atoms with E-state index in [4.69, 9.17) is 4.74 Å². The Morgan fingerprint density at radius 1 is 1.35 bits per heavy atom. The molecule has 0 saturated heterocycles. The number of ether oxygens (including phenoxy) is 1. The molecule has 5 nitrogen and oxygen atoms in total. The summed E-state index contributed by atoms with van der Waals surface area (Å²) in [4.78, 5) is 25.1. The second kappa shape index (κ2) is 4.37. The van der Waals surface area contributed by atoms with Gasteiger partial charge in [0, 0.05) is 5.22 Å². The molecule has 1 aliphatic heterocycles. The van der Waals surface area contributed by atoms with E-state index in [1.807, 2.05) is 32.9 Å². The number of nitrogens with zero attached hydrogens (tertiary/aromatic N) is 3. The second-order valence-corrected chi connectivity index (χ2v) is 5.71. The molecule has 2 aliphatic rings. The van der Waals surface area contributed by atoms with Gasteiger partial charge in [-0.25, -0.2) is 14.8 Å². The van der Waals surface area contributed by atoms with Crippen molar-refractivity contribution in [1.29, 1.82) is 0 Å². The molecule has 1 aromatic heterocycles. The zero-order chi connectivity index (χ0) is 14.3. The lowest BCUT2D eigenvalue weighted by Gasteiger charge is -2.21. The van der Waals surface area contributed by atoms with E-state index >= 15 is 0 Å². The van der Waals surface area contributed by atoms with Crippen LogP contribution in [-0.4, -0.2) is 22.9 Å². The van der Waals surface area contributed by atoms with Crippen molar-refractivity contribution in [3.63, 3.8) is 0 Å². The van der Waals surface area contributed by atoms with E-state index in [-0.39, 0.29) is 5.97 Å². The third kappa shape index (κ3) is 2.15. The van der Waals surface area contributed by atoms with E-state index < -0.39 is 5.60 Å². The number of rotatable bonds is 1. The van der Waals surface area contributed by atoms with Crippen LogP contribution in [0.2, 0.25) is 0 Å². The molecule has 0 saturated carbocycles. The molecule has 2 heterocycles. The Labute approximate surface area is 116 Å². The van der Waals surface area contributed by atoms with Crippen LogP contribution >= 0.6 is 0 Å². The van der Waals surface area contributed by atoms with Crippen LogP contribution in [0.3, 0.4) is 0 Å². The third-order valence-corrected chi connectivity index (χ3v) is 2.99. The van der Waals surface area contributed by atoms with Gasteiger partial charge in [-0.05, 0) is 33.3 Å². The van der Waals surface area contributed by atoms with Crippen molar-refractivity contribution in [2.45, 2.75) is 32.8 Å². The highest BCUT2D eigenvalue weighted by Gasteiger charge is 2.23. The predicted molar refractivity (Wildman–Crippen MR) is 76.1 cm³/mol. The first-order chi connectivity index (χ1) is 9.46. The summed E-state index contributed by atoms with van der Waals surface area (Å²) in [6.07, 6.45) is 7.49. The zero-order valence-corrected chi connectivity index (χ0v) is 11.7. The third-order valence-electron chi connectivity index (χ3n) is 2.99. The molecule has 3 rings (SSSR count). The minimum absolute atomic E-state index is 0.319. The van der Waals surface area contributed by atoms with Gasteiger partial charge in [0.25, 0.3) is 0 Å². The fourth-order valence-electron chi connectivity index (χ4n) is 2.22. The van der Waals surface area contributed by atoms with Crippen molar-refractivity contribution in [2.24, 2.45) is 9.98 Å². The van der Waals surface area contributed by atoms with Crippen molar-refractivity contribution < 1.29 is 9.53 Å². The van der Waals surface area contributed by atoms with Gasteiger partial charge < -0.3 is 4.74 Å². The summed E-state index contributed by atoms with van der Waals surface area (Å²) >= 11 is 0. The lowest BCUT2D eigenvalue weighted by atomic mass is 10.0. The summed E-state index contributed by atoms with van der Waals surface area (Å²) < 4.78 is 5.47. The SMILES string of the molecule is CC(C)(C)OC(=O)C1=c2c(ncc3c2=NC=N3)C=CC1. The molecule has 0 amide bonds. The highest BCUT2D eigenvalue weighted by atomic mass is 16.6. The lowest BCUT2D eigenvalue weighted by molar-refractivity contribution is -0.147. The van der Waals surface area contributed by atoms with Crippen molar-refractivity contribution in [2.75, 3.05) is 0 Å². The quantitative estimate of drug-likeness (QED) is 0.721. The first-order valence-corrected chi connectivity index (χ1v) is 6.48. The van der Waals surface area contributed by atoms with Crippen LogP contribution in [-0.2, 0) is 9.53 Å². The van der Waals surface area contributed by atoms with Gasteiger partial charge in [0.1, 0.15) is 23.0 Å². The molecule has 1 aliphatic carbocycles. The van der Waals surface area contributed by atoms with Gasteiger partial charge in [-0.2, -0.15) is 0 Å². The summed E-state index contributed by atoms with van der Waals surface area (Å²) in [6, 6.07) is 0. The number of aromatic nitrogens is 1. The maximum atomic E-state index is 12.4. The number of fused-ring (bicyclic) bond motifs is 3. The van der Waals surface area contributed by atoms with Gasteiger partial charge in [0.15, 0.2) is 0 Å². The molecule has 0 unspecified atom stereocenters. The molecule has 0 bridgehead atoms. The van der Waals surface area contributed by atoms with Crippen molar-refractivity contribution in [3.8, 4) is 0 Å². The number of carbonyl (C=O) groups excluding carboxylic acids is 1. The van der Waals surface area contributed by atoms with E-state index in [1.54, 1.807) is 6.20 Å². The average Bonchev–Trinajstić information content (AvgIpc) is 2.84. The zero-order valence-electron chi connectivity index (χ0n) is 11.7. The number of aliphatic imine (C=N–C) groups is 1. The van der Waals surface area contributed by atoms with E-state index in [2.05, 4.69) is 15.0 Å². The highest BCUT2D eigenvalue weighted by molar-refractivity contribution is 6.11. The summed E-state index contributed by atoms with van der Waals surface area (Å²) in [7, 11) is 0. The van der Waals surface area contributed by atoms with E-state index in [1.165, 1.54) is 6.34 Å². The van der Waals surface area contributed by atoms with Gasteiger partial charge in [-0.1, -0.05) is 6.08 Å². The smallest absolute Gasteiger partial charge is 0.335 e. The van der Waals surface area contributed by atoms with Crippen molar-refractivity contribution in [1.82, 2.24) is 4.98 Å². The van der Waals surface area contributed by atoms with Crippen LogP contribution in [0.4, 0.5) is 5.69 Å². The Balaban J connectivity index is 2.22. The minimum Gasteiger partial charge on any atom is -0.457 e. The van der Waals surface area contributed by atoms with Gasteiger partial charge >= 0.3 is 5.97 Å². The molecule has 0 radical (unpaired) electrons. The van der Waals surface area contributed by atoms with Crippen LogP contribution in [0.25, 0.3) is 11.6 Å². The summed E-state index contributed by atoms with van der Waals surface area (Å²) in [5, 5.41) is 1.46. The number of esters is 1. The van der Waals surface area contributed by atoms with E-state index in [9.17, 15) is 4.79 Å². The van der Waals surface area contributed by atoms with Gasteiger partial charge in [-0.15, -0.1) is 0 Å². The molecule has 0 fully saturated rings. The first-order valence-electron chi connectivity index (χ1n) is 6.48. The first kappa shape index (κ1) is 12.7. The number of pyridine rings is 1. The number of hydrogen-bond acceptors (Lipinski definition) is 5. The Morgan fingerprint density at radius 2 is 2.15 bits per heavy atom. The Kier molecular flexibility index (Phi) is 2.78. The maximum absolute atomic E-state index is 12.4. The Hall–Kier alpha value is -2.30. The molecular weight excluding hydrogens is 254 g/mol. The lowest BCUT2D eigenvalue weighted by Crippen LogP contribution is -2.36. The molecule has 102 valence electrons. The topological polar surface area (TPSA) is 63.9 Å². The maximum Gasteiger partial charge on any atom is 0.335 e. The Bertz CT molecular complexity index is 768. The standard InChI is InChI=1S/C15H15N3O2/c1-15(2,3)20-14(19)9-5-4-6-10-12(9)13-11(7-16-10)17-8-18-13/h4,6-8H,5H2,1-3H3. The van der Waals surface area contributed by atoms with Crippen LogP contribution in [0, 0.1) is 0 Å². The summed E-state index contributed by atoms with van der Waals surface area (Å²) in [5.41, 5.74) is 1.51. The minimum atomic E-state index is -0.523. The molecule has 5 heteroatoms. The fourth-order valence-corrected chi connectivity index (χ4v) is 2.22. The molecule has 1 aromatic rings. The van der Waals surface area contributed by atoms with E-state index in [0.717, 1.165) is 10.9 Å². The monoisotopic (exact) mass is 269 g/mol. The Morgan fingerprint density at radius 3 is 2.90 bits per heavy atom. The predicted octanol–water partition coefficient (Wildman–Crippen LogP) is 1.28. The van der Waals surface area contributed by atoms with Crippen LogP contribution in [0.15, 0.2) is 22.3 Å². The van der Waals surface area contributed by atoms with Gasteiger partial charge in [0.05, 0.1) is 17.5 Å². The average molecular weight is 269 g/mol. The largest absolute Gasteiger partial charge is 0.457 e. The fraction of sp³-hybridized carbons (Fsp3) is 0.333. The number of hydrogen-bond donors (Lipinski definition) is 0. The molecule has 0 N–H and O–H groups in total. The van der Waals surface area contributed by atoms with E-state index in [0.29, 0.717) is 23.0 Å². The molecular formula is C15H15N3O2. The van der Waals surface area contributed by atoms with Gasteiger partial charge in [-0.3, -0.25) is 4.98 Å². The highest BCUT2D eigenvalue weighted by Crippen LogP contribution is 2.17. The van der Waals surface area contributed by atoms with Crippen LogP contribution in [0.5, 0.6) is 0 Å².